The zero-order valence-electron chi connectivity index (χ0n) is 21.2. The van der Waals surface area contributed by atoms with Crippen LogP contribution in [0.2, 0.25) is 0 Å². The van der Waals surface area contributed by atoms with Crippen molar-refractivity contribution in [1.29, 1.82) is 0 Å². The molecule has 7 heteroatoms. The van der Waals surface area contributed by atoms with Gasteiger partial charge in [0.2, 0.25) is 6.29 Å². The van der Waals surface area contributed by atoms with E-state index in [1.54, 1.807) is 12.2 Å². The number of rotatable bonds is 10. The van der Waals surface area contributed by atoms with Crippen LogP contribution in [0.3, 0.4) is 0 Å². The molecule has 0 aliphatic heterocycles. The van der Waals surface area contributed by atoms with Crippen molar-refractivity contribution in [2.24, 2.45) is 0 Å². The maximum absolute atomic E-state index is 4.97. The molecule has 0 atom stereocenters. The minimum atomic E-state index is -0.208. The molecule has 0 fully saturated rings. The third-order valence-electron chi connectivity index (χ3n) is 5.59. The van der Waals surface area contributed by atoms with E-state index >= 15 is 0 Å². The first-order valence-corrected chi connectivity index (χ1v) is 12.0. The van der Waals surface area contributed by atoms with Crippen LogP contribution in [-0.4, -0.2) is 29.3 Å². The molecule has 1 radical (unpaired) electrons. The number of hydrogen-bond acceptors (Lipinski definition) is 3. The van der Waals surface area contributed by atoms with Gasteiger partial charge in [0, 0.05) is 34.2 Å². The van der Waals surface area contributed by atoms with Crippen molar-refractivity contribution in [2.45, 2.75) is 86.4 Å². The topological polar surface area (TPSA) is 53.5 Å². The summed E-state index contributed by atoms with van der Waals surface area (Å²) in [6.45, 7) is 19.7. The predicted octanol–water partition coefficient (Wildman–Crippen LogP) is 5.56. The molecule has 33 heavy (non-hydrogen) atoms. The zero-order chi connectivity index (χ0) is 23.7. The SMILES string of the molecule is C=CC=C.CCc1cc(CC)n(C(n2nc(CC)cc2CC)n2nc(CC)cc2CC)n1.[Mn]. The van der Waals surface area contributed by atoms with Crippen molar-refractivity contribution in [2.75, 3.05) is 0 Å². The summed E-state index contributed by atoms with van der Waals surface area (Å²) in [5, 5.41) is 14.9. The number of aromatic nitrogens is 6. The van der Waals surface area contributed by atoms with Gasteiger partial charge in [0.05, 0.1) is 17.1 Å². The van der Waals surface area contributed by atoms with Crippen molar-refractivity contribution >= 4 is 0 Å². The fourth-order valence-electron chi connectivity index (χ4n) is 3.69. The average Bonchev–Trinajstić information content (AvgIpc) is 3.56. The van der Waals surface area contributed by atoms with Crippen molar-refractivity contribution in [3.05, 3.63) is 77.7 Å². The molecule has 0 N–H and O–H groups in total. The van der Waals surface area contributed by atoms with Crippen LogP contribution < -0.4 is 0 Å². The van der Waals surface area contributed by atoms with Crippen molar-refractivity contribution in [3.8, 4) is 0 Å². The van der Waals surface area contributed by atoms with Crippen LogP contribution in [0.15, 0.2) is 43.5 Å². The molecule has 0 aromatic carbocycles. The monoisotopic (exact) mass is 491 g/mol. The summed E-state index contributed by atoms with van der Waals surface area (Å²) in [5.74, 6) is 0. The molecule has 0 aliphatic carbocycles. The molecule has 3 rings (SSSR count). The summed E-state index contributed by atoms with van der Waals surface area (Å²) in [4.78, 5) is 0. The average molecular weight is 492 g/mol. The van der Waals surface area contributed by atoms with E-state index in [0.717, 1.165) is 55.6 Å². The van der Waals surface area contributed by atoms with Gasteiger partial charge in [-0.3, -0.25) is 0 Å². The first-order chi connectivity index (χ1) is 15.5. The minimum absolute atomic E-state index is 0. The van der Waals surface area contributed by atoms with E-state index in [-0.39, 0.29) is 23.4 Å². The van der Waals surface area contributed by atoms with E-state index in [0.29, 0.717) is 0 Å². The molecule has 3 heterocycles. The van der Waals surface area contributed by atoms with E-state index < -0.39 is 0 Å². The van der Waals surface area contributed by atoms with Gasteiger partial charge in [0.1, 0.15) is 0 Å². The maximum Gasteiger partial charge on any atom is 0.238 e. The van der Waals surface area contributed by atoms with Crippen LogP contribution in [0, 0.1) is 0 Å². The summed E-state index contributed by atoms with van der Waals surface area (Å²) >= 11 is 0. The van der Waals surface area contributed by atoms with E-state index in [2.05, 4.69) is 86.9 Å². The van der Waals surface area contributed by atoms with Gasteiger partial charge in [-0.25, -0.2) is 14.0 Å². The maximum atomic E-state index is 4.97. The van der Waals surface area contributed by atoms with Crippen molar-refractivity contribution < 1.29 is 17.1 Å². The van der Waals surface area contributed by atoms with Gasteiger partial charge < -0.3 is 0 Å². The second kappa shape index (κ2) is 14.0. The van der Waals surface area contributed by atoms with Gasteiger partial charge in [-0.05, 0) is 56.7 Å². The van der Waals surface area contributed by atoms with E-state index in [4.69, 9.17) is 15.3 Å². The number of hydrogen-bond donors (Lipinski definition) is 0. The molecule has 0 saturated carbocycles. The van der Waals surface area contributed by atoms with E-state index in [1.807, 2.05) is 0 Å². The smallest absolute Gasteiger partial charge is 0.224 e. The minimum Gasteiger partial charge on any atom is -0.224 e. The normalized spacial score (nSPS) is 10.5. The second-order valence-corrected chi connectivity index (χ2v) is 7.65. The number of nitrogens with zero attached hydrogens (tertiary/aromatic N) is 6. The number of allylic oxidation sites excluding steroid dienone is 2. The van der Waals surface area contributed by atoms with Gasteiger partial charge in [0.25, 0.3) is 0 Å². The van der Waals surface area contributed by atoms with Gasteiger partial charge in [-0.15, -0.1) is 0 Å². The Hall–Kier alpha value is -2.37. The molecule has 6 nitrogen and oxygen atoms in total. The Labute approximate surface area is 210 Å². The molecule has 3 aromatic heterocycles. The predicted molar refractivity (Wildman–Crippen MR) is 133 cm³/mol. The van der Waals surface area contributed by atoms with E-state index in [1.165, 1.54) is 17.1 Å². The summed E-state index contributed by atoms with van der Waals surface area (Å²) < 4.78 is 6.40. The Kier molecular flexibility index (Phi) is 12.2. The Morgan fingerprint density at radius 1 is 0.606 bits per heavy atom. The summed E-state index contributed by atoms with van der Waals surface area (Å²) in [6.07, 6.45) is 8.62. The van der Waals surface area contributed by atoms with Gasteiger partial charge >= 0.3 is 0 Å². The molecule has 0 saturated heterocycles. The molecule has 0 amide bonds. The van der Waals surface area contributed by atoms with Gasteiger partial charge in [-0.1, -0.05) is 66.9 Å². The number of aryl methyl sites for hydroxylation is 6. The molecule has 0 unspecified atom stereocenters. The molecular formula is C26H40MnN6. The quantitative estimate of drug-likeness (QED) is 0.276. The van der Waals surface area contributed by atoms with Crippen LogP contribution in [0.5, 0.6) is 0 Å². The Balaban J connectivity index is 0.00000101. The molecule has 0 spiro atoms. The third-order valence-corrected chi connectivity index (χ3v) is 5.59. The van der Waals surface area contributed by atoms with Crippen LogP contribution in [-0.2, 0) is 55.6 Å². The largest absolute Gasteiger partial charge is 0.238 e. The van der Waals surface area contributed by atoms with Gasteiger partial charge in [-0.2, -0.15) is 15.3 Å². The fraction of sp³-hybridized carbons (Fsp3) is 0.500. The molecule has 181 valence electrons. The Morgan fingerprint density at radius 3 is 1.06 bits per heavy atom. The Morgan fingerprint density at radius 2 is 0.879 bits per heavy atom. The molecular weight excluding hydrogens is 451 g/mol. The molecule has 3 aromatic rings. The fourth-order valence-corrected chi connectivity index (χ4v) is 3.69. The molecule has 0 bridgehead atoms. The first-order valence-electron chi connectivity index (χ1n) is 12.0. The van der Waals surface area contributed by atoms with Crippen molar-refractivity contribution in [3.63, 3.8) is 0 Å². The van der Waals surface area contributed by atoms with Crippen LogP contribution >= 0.6 is 0 Å². The summed E-state index contributed by atoms with van der Waals surface area (Å²) in [5.41, 5.74) is 6.99. The van der Waals surface area contributed by atoms with E-state index in [9.17, 15) is 0 Å². The second-order valence-electron chi connectivity index (χ2n) is 7.65. The van der Waals surface area contributed by atoms with Crippen LogP contribution in [0.25, 0.3) is 0 Å². The summed E-state index contributed by atoms with van der Waals surface area (Å²) in [7, 11) is 0. The molecule has 0 aliphatic rings. The first kappa shape index (κ1) is 28.7. The zero-order valence-corrected chi connectivity index (χ0v) is 22.4. The third kappa shape index (κ3) is 6.58. The Bertz CT molecular complexity index is 885. The van der Waals surface area contributed by atoms with Crippen LogP contribution in [0.4, 0.5) is 0 Å². The van der Waals surface area contributed by atoms with Crippen molar-refractivity contribution in [1.82, 2.24) is 29.3 Å². The van der Waals surface area contributed by atoms with Crippen LogP contribution in [0.1, 0.15) is 82.0 Å². The standard InChI is InChI=1S/C22H34N6.C4H6.Mn/c1-7-16-13-19(10-4)26(23-16)22(27-20(11-5)14-17(8-2)24-27)28-21(12-6)15-18(9-3)25-28;1-3-4-2;/h13-15,22H,7-12H2,1-6H3;3-4H,1-2H2;. The van der Waals surface area contributed by atoms with Gasteiger partial charge in [0.15, 0.2) is 0 Å². The summed E-state index contributed by atoms with van der Waals surface area (Å²) in [6, 6.07) is 6.66.